The lowest BCUT2D eigenvalue weighted by Crippen LogP contribution is -2.52. The molecular weight excluding hydrogens is 290 g/mol. The number of hydrogen-bond acceptors (Lipinski definition) is 5. The molecule has 1 aromatic heterocycles. The molecule has 0 spiro atoms. The summed E-state index contributed by atoms with van der Waals surface area (Å²) in [5, 5.41) is 3.02. The Morgan fingerprint density at radius 2 is 2.00 bits per heavy atom. The Labute approximate surface area is 139 Å². The normalized spacial score (nSPS) is 17.7. The van der Waals surface area contributed by atoms with Crippen molar-refractivity contribution in [1.82, 2.24) is 20.1 Å². The number of carbonyl (C=O) groups is 1. The summed E-state index contributed by atoms with van der Waals surface area (Å²) in [6, 6.07) is 4.04. The van der Waals surface area contributed by atoms with E-state index < -0.39 is 0 Å². The zero-order valence-corrected chi connectivity index (χ0v) is 14.7. The minimum absolute atomic E-state index is 0.0538. The highest BCUT2D eigenvalue weighted by atomic mass is 16.1. The molecule has 1 atom stereocenters. The number of rotatable bonds is 6. The molecule has 1 aromatic rings. The monoisotopic (exact) mass is 319 g/mol. The van der Waals surface area contributed by atoms with Crippen molar-refractivity contribution in [3.63, 3.8) is 0 Å². The van der Waals surface area contributed by atoms with Crippen molar-refractivity contribution in [3.8, 4) is 0 Å². The number of pyridine rings is 1. The van der Waals surface area contributed by atoms with Gasteiger partial charge < -0.3 is 15.1 Å². The van der Waals surface area contributed by atoms with E-state index in [1.807, 2.05) is 31.1 Å². The number of nitrogens with zero attached hydrogens (tertiary/aromatic N) is 4. The third-order valence-electron chi connectivity index (χ3n) is 4.50. The quantitative estimate of drug-likeness (QED) is 0.844. The van der Waals surface area contributed by atoms with Gasteiger partial charge in [-0.15, -0.1) is 0 Å². The van der Waals surface area contributed by atoms with Crippen LogP contribution in [0.2, 0.25) is 0 Å². The first-order valence-corrected chi connectivity index (χ1v) is 8.39. The average molecular weight is 319 g/mol. The van der Waals surface area contributed by atoms with Crippen LogP contribution < -0.4 is 10.2 Å². The van der Waals surface area contributed by atoms with Gasteiger partial charge in [0.05, 0.1) is 5.56 Å². The van der Waals surface area contributed by atoms with Crippen LogP contribution in [0.15, 0.2) is 18.3 Å². The number of nitrogens with one attached hydrogen (secondary N) is 1. The Morgan fingerprint density at radius 1 is 1.30 bits per heavy atom. The lowest BCUT2D eigenvalue weighted by molar-refractivity contribution is 0.0882. The summed E-state index contributed by atoms with van der Waals surface area (Å²) in [5.74, 6) is 0.797. The molecule has 0 aliphatic carbocycles. The van der Waals surface area contributed by atoms with Gasteiger partial charge in [0, 0.05) is 59.1 Å². The van der Waals surface area contributed by atoms with E-state index in [2.05, 4.69) is 33.9 Å². The summed E-state index contributed by atoms with van der Waals surface area (Å²) in [6.07, 6.45) is 1.63. The van der Waals surface area contributed by atoms with Crippen LogP contribution in [0.5, 0.6) is 0 Å². The second-order valence-corrected chi connectivity index (χ2v) is 6.33. The average Bonchev–Trinajstić information content (AvgIpc) is 2.59. The van der Waals surface area contributed by atoms with Crippen molar-refractivity contribution in [2.75, 3.05) is 58.3 Å². The van der Waals surface area contributed by atoms with Gasteiger partial charge in [-0.3, -0.25) is 9.69 Å². The molecule has 1 saturated heterocycles. The number of likely N-dealkylation sites (N-methyl/N-ethyl adjacent to an activating group) is 1. The Bertz CT molecular complexity index is 494. The summed E-state index contributed by atoms with van der Waals surface area (Å²) in [5.41, 5.74) is 0.610. The van der Waals surface area contributed by atoms with E-state index in [1.54, 1.807) is 6.20 Å². The molecule has 128 valence electrons. The molecule has 2 heterocycles. The van der Waals surface area contributed by atoms with Crippen molar-refractivity contribution in [2.24, 2.45) is 0 Å². The number of anilines is 1. The number of piperazine rings is 1. The fraction of sp³-hybridized carbons (Fsp3) is 0.647. The van der Waals surface area contributed by atoms with Gasteiger partial charge in [-0.2, -0.15) is 0 Å². The minimum atomic E-state index is -0.0538. The molecule has 1 N–H and O–H groups in total. The first-order valence-electron chi connectivity index (χ1n) is 8.39. The third-order valence-corrected chi connectivity index (χ3v) is 4.50. The van der Waals surface area contributed by atoms with Crippen molar-refractivity contribution in [1.29, 1.82) is 0 Å². The van der Waals surface area contributed by atoms with E-state index in [9.17, 15) is 4.79 Å². The maximum Gasteiger partial charge on any atom is 0.252 e. The fourth-order valence-corrected chi connectivity index (χ4v) is 2.78. The highest BCUT2D eigenvalue weighted by molar-refractivity contribution is 5.94. The van der Waals surface area contributed by atoms with Gasteiger partial charge in [-0.1, -0.05) is 6.92 Å². The summed E-state index contributed by atoms with van der Waals surface area (Å²) in [6.45, 7) is 10.5. The molecule has 1 aliphatic rings. The molecule has 0 aromatic carbocycles. The number of aromatic nitrogens is 1. The molecule has 0 unspecified atom stereocenters. The van der Waals surface area contributed by atoms with Gasteiger partial charge in [0.25, 0.3) is 5.91 Å². The Hall–Kier alpha value is -1.66. The van der Waals surface area contributed by atoms with Crippen molar-refractivity contribution >= 4 is 11.7 Å². The SMILES string of the molecule is CCN1CCN([C@@H](C)CNC(=O)c2ccc(N(C)C)nc2)CC1. The summed E-state index contributed by atoms with van der Waals surface area (Å²) < 4.78 is 0. The lowest BCUT2D eigenvalue weighted by atomic mass is 10.2. The third kappa shape index (κ3) is 4.91. The Balaban J connectivity index is 1.79. The van der Waals surface area contributed by atoms with E-state index in [0.29, 0.717) is 18.2 Å². The smallest absolute Gasteiger partial charge is 0.252 e. The molecule has 1 aliphatic heterocycles. The van der Waals surface area contributed by atoms with E-state index in [-0.39, 0.29) is 5.91 Å². The second-order valence-electron chi connectivity index (χ2n) is 6.33. The molecule has 2 rings (SSSR count). The van der Waals surface area contributed by atoms with E-state index in [4.69, 9.17) is 0 Å². The Morgan fingerprint density at radius 3 is 2.52 bits per heavy atom. The minimum Gasteiger partial charge on any atom is -0.363 e. The first kappa shape index (κ1) is 17.7. The van der Waals surface area contributed by atoms with Crippen LogP contribution in [0.4, 0.5) is 5.82 Å². The van der Waals surface area contributed by atoms with Crippen LogP contribution in [-0.4, -0.2) is 80.1 Å². The molecule has 6 nitrogen and oxygen atoms in total. The van der Waals surface area contributed by atoms with Crippen molar-refractivity contribution in [3.05, 3.63) is 23.9 Å². The van der Waals surface area contributed by atoms with Gasteiger partial charge in [0.15, 0.2) is 0 Å². The predicted molar refractivity (Wildman–Crippen MR) is 94.0 cm³/mol. The van der Waals surface area contributed by atoms with Crippen LogP contribution >= 0.6 is 0 Å². The second kappa shape index (κ2) is 8.26. The van der Waals surface area contributed by atoms with Gasteiger partial charge in [-0.25, -0.2) is 4.98 Å². The van der Waals surface area contributed by atoms with Crippen molar-refractivity contribution < 1.29 is 4.79 Å². The fourth-order valence-electron chi connectivity index (χ4n) is 2.78. The number of carbonyl (C=O) groups excluding carboxylic acids is 1. The molecule has 0 radical (unpaired) electrons. The molecule has 23 heavy (non-hydrogen) atoms. The standard InChI is InChI=1S/C17H29N5O/c1-5-21-8-10-22(11-9-21)14(2)12-19-17(23)15-6-7-16(18-13-15)20(3)4/h6-7,13-14H,5,8-12H2,1-4H3,(H,19,23)/t14-/m0/s1. The van der Waals surface area contributed by atoms with Gasteiger partial charge in [0.1, 0.15) is 5.82 Å². The molecule has 1 fully saturated rings. The maximum absolute atomic E-state index is 12.2. The van der Waals surface area contributed by atoms with E-state index in [1.165, 1.54) is 0 Å². The summed E-state index contributed by atoms with van der Waals surface area (Å²) >= 11 is 0. The number of hydrogen-bond donors (Lipinski definition) is 1. The Kier molecular flexibility index (Phi) is 6.36. The predicted octanol–water partition coefficient (Wildman–Crippen LogP) is 0.903. The zero-order chi connectivity index (χ0) is 16.8. The molecule has 0 saturated carbocycles. The van der Waals surface area contributed by atoms with Gasteiger partial charge in [0.2, 0.25) is 0 Å². The first-order chi connectivity index (χ1) is 11.0. The molecular formula is C17H29N5O. The van der Waals surface area contributed by atoms with Gasteiger partial charge in [-0.05, 0) is 25.6 Å². The zero-order valence-electron chi connectivity index (χ0n) is 14.7. The molecule has 1 amide bonds. The highest BCUT2D eigenvalue weighted by Crippen LogP contribution is 2.08. The van der Waals surface area contributed by atoms with Crippen molar-refractivity contribution in [2.45, 2.75) is 19.9 Å². The van der Waals surface area contributed by atoms with Crippen LogP contribution in [0.1, 0.15) is 24.2 Å². The van der Waals surface area contributed by atoms with E-state index >= 15 is 0 Å². The largest absolute Gasteiger partial charge is 0.363 e. The topological polar surface area (TPSA) is 51.7 Å². The van der Waals surface area contributed by atoms with Crippen LogP contribution in [-0.2, 0) is 0 Å². The lowest BCUT2D eigenvalue weighted by Gasteiger charge is -2.37. The molecule has 6 heteroatoms. The van der Waals surface area contributed by atoms with Crippen LogP contribution in [0.25, 0.3) is 0 Å². The highest BCUT2D eigenvalue weighted by Gasteiger charge is 2.20. The summed E-state index contributed by atoms with van der Waals surface area (Å²) in [7, 11) is 3.87. The van der Waals surface area contributed by atoms with E-state index in [0.717, 1.165) is 38.5 Å². The van der Waals surface area contributed by atoms with Crippen LogP contribution in [0.3, 0.4) is 0 Å². The van der Waals surface area contributed by atoms with Crippen LogP contribution in [0, 0.1) is 0 Å². The van der Waals surface area contributed by atoms with Gasteiger partial charge >= 0.3 is 0 Å². The number of amides is 1. The summed E-state index contributed by atoms with van der Waals surface area (Å²) in [4.78, 5) is 23.3. The maximum atomic E-state index is 12.2. The molecule has 0 bridgehead atoms.